The number of halogens is 1. The van der Waals surface area contributed by atoms with Gasteiger partial charge in [-0.3, -0.25) is 4.79 Å². The van der Waals surface area contributed by atoms with Crippen molar-refractivity contribution in [2.75, 3.05) is 13.2 Å². The predicted octanol–water partition coefficient (Wildman–Crippen LogP) is 3.14. The van der Waals surface area contributed by atoms with Crippen molar-refractivity contribution in [3.63, 3.8) is 0 Å². The fraction of sp³-hybridized carbons (Fsp3) is 0.350. The maximum atomic E-state index is 13.1. The monoisotopic (exact) mass is 327 g/mol. The lowest BCUT2D eigenvalue weighted by Crippen LogP contribution is -2.37. The highest BCUT2D eigenvalue weighted by atomic mass is 19.1. The lowest BCUT2D eigenvalue weighted by molar-refractivity contribution is -0.123. The van der Waals surface area contributed by atoms with Crippen LogP contribution in [0.2, 0.25) is 0 Å². The molecule has 1 fully saturated rings. The summed E-state index contributed by atoms with van der Waals surface area (Å²) < 4.78 is 13.1. The van der Waals surface area contributed by atoms with E-state index in [4.69, 9.17) is 0 Å². The summed E-state index contributed by atoms with van der Waals surface area (Å²) >= 11 is 0. The highest BCUT2D eigenvalue weighted by Crippen LogP contribution is 2.48. The summed E-state index contributed by atoms with van der Waals surface area (Å²) in [7, 11) is 0. The SMILES string of the molecule is O=C(NCC(CCO)c1ccccc1)C1(c2ccc(F)cc2)CC1. The second-order valence-electron chi connectivity index (χ2n) is 6.42. The van der Waals surface area contributed by atoms with Crippen molar-refractivity contribution in [3.05, 3.63) is 71.5 Å². The first-order chi connectivity index (χ1) is 11.7. The Morgan fingerprint density at radius 2 is 1.79 bits per heavy atom. The highest BCUT2D eigenvalue weighted by molar-refractivity contribution is 5.91. The fourth-order valence-electron chi connectivity index (χ4n) is 3.19. The summed E-state index contributed by atoms with van der Waals surface area (Å²) in [6.45, 7) is 0.574. The first-order valence-corrected chi connectivity index (χ1v) is 8.36. The second kappa shape index (κ2) is 7.14. The Morgan fingerprint density at radius 1 is 1.12 bits per heavy atom. The van der Waals surface area contributed by atoms with Gasteiger partial charge in [0.1, 0.15) is 5.82 Å². The summed E-state index contributed by atoms with van der Waals surface area (Å²) in [6.07, 6.45) is 2.19. The molecule has 0 radical (unpaired) electrons. The third kappa shape index (κ3) is 3.49. The lowest BCUT2D eigenvalue weighted by atomic mass is 9.93. The molecule has 0 saturated heterocycles. The number of amides is 1. The molecule has 0 spiro atoms. The van der Waals surface area contributed by atoms with Crippen LogP contribution in [0.25, 0.3) is 0 Å². The van der Waals surface area contributed by atoms with Gasteiger partial charge in [-0.2, -0.15) is 0 Å². The van der Waals surface area contributed by atoms with Gasteiger partial charge in [-0.1, -0.05) is 42.5 Å². The van der Waals surface area contributed by atoms with E-state index in [1.165, 1.54) is 12.1 Å². The summed E-state index contributed by atoms with van der Waals surface area (Å²) in [4.78, 5) is 12.7. The van der Waals surface area contributed by atoms with Crippen LogP contribution in [0.3, 0.4) is 0 Å². The molecule has 2 aromatic carbocycles. The van der Waals surface area contributed by atoms with Gasteiger partial charge in [0, 0.05) is 19.1 Å². The third-order valence-corrected chi connectivity index (χ3v) is 4.84. The summed E-state index contributed by atoms with van der Waals surface area (Å²) in [6, 6.07) is 16.1. The van der Waals surface area contributed by atoms with Crippen LogP contribution in [0.1, 0.15) is 36.3 Å². The molecule has 1 aliphatic carbocycles. The van der Waals surface area contributed by atoms with Crippen LogP contribution in [0.5, 0.6) is 0 Å². The van der Waals surface area contributed by atoms with E-state index < -0.39 is 5.41 Å². The minimum atomic E-state index is -0.506. The Bertz CT molecular complexity index is 681. The molecule has 1 aliphatic rings. The van der Waals surface area contributed by atoms with Crippen LogP contribution in [0.15, 0.2) is 54.6 Å². The van der Waals surface area contributed by atoms with E-state index in [-0.39, 0.29) is 24.2 Å². The van der Waals surface area contributed by atoms with Crippen LogP contribution in [-0.4, -0.2) is 24.2 Å². The second-order valence-corrected chi connectivity index (χ2v) is 6.42. The maximum absolute atomic E-state index is 13.1. The molecule has 126 valence electrons. The van der Waals surface area contributed by atoms with Gasteiger partial charge in [-0.25, -0.2) is 4.39 Å². The summed E-state index contributed by atoms with van der Waals surface area (Å²) in [5.41, 5.74) is 1.48. The van der Waals surface area contributed by atoms with Gasteiger partial charge >= 0.3 is 0 Å². The molecule has 0 bridgehead atoms. The van der Waals surface area contributed by atoms with Crippen LogP contribution < -0.4 is 5.32 Å². The Labute approximate surface area is 141 Å². The molecule has 0 aromatic heterocycles. The standard InChI is InChI=1S/C20H22FNO2/c21-18-8-6-17(7-9-18)20(11-12-20)19(24)22-14-16(10-13-23)15-4-2-1-3-5-15/h1-9,16,23H,10-14H2,(H,22,24). The van der Waals surface area contributed by atoms with Gasteiger partial charge in [-0.15, -0.1) is 0 Å². The molecule has 1 amide bonds. The van der Waals surface area contributed by atoms with E-state index >= 15 is 0 Å². The Morgan fingerprint density at radius 3 is 2.38 bits per heavy atom. The van der Waals surface area contributed by atoms with Gasteiger partial charge in [0.05, 0.1) is 5.41 Å². The lowest BCUT2D eigenvalue weighted by Gasteiger charge is -2.20. The van der Waals surface area contributed by atoms with E-state index in [9.17, 15) is 14.3 Å². The van der Waals surface area contributed by atoms with Gasteiger partial charge < -0.3 is 10.4 Å². The van der Waals surface area contributed by atoms with Gasteiger partial charge in [0.15, 0.2) is 0 Å². The van der Waals surface area contributed by atoms with Crippen LogP contribution in [-0.2, 0) is 10.2 Å². The van der Waals surface area contributed by atoms with Crippen molar-refractivity contribution in [2.45, 2.75) is 30.6 Å². The zero-order valence-electron chi connectivity index (χ0n) is 13.5. The normalized spacial score (nSPS) is 16.4. The molecule has 4 heteroatoms. The molecule has 0 aliphatic heterocycles. The molecular weight excluding hydrogens is 305 g/mol. The molecule has 2 aromatic rings. The molecule has 1 saturated carbocycles. The van der Waals surface area contributed by atoms with Crippen LogP contribution in [0, 0.1) is 5.82 Å². The van der Waals surface area contributed by atoms with E-state index in [1.54, 1.807) is 12.1 Å². The first kappa shape index (κ1) is 16.7. The van der Waals surface area contributed by atoms with E-state index in [0.717, 1.165) is 24.0 Å². The number of benzene rings is 2. The van der Waals surface area contributed by atoms with Crippen molar-refractivity contribution in [1.82, 2.24) is 5.32 Å². The number of aliphatic hydroxyl groups is 1. The van der Waals surface area contributed by atoms with Crippen molar-refractivity contribution in [1.29, 1.82) is 0 Å². The van der Waals surface area contributed by atoms with Gasteiger partial charge in [-0.05, 0) is 42.5 Å². The largest absolute Gasteiger partial charge is 0.396 e. The molecule has 24 heavy (non-hydrogen) atoms. The van der Waals surface area contributed by atoms with Crippen molar-refractivity contribution in [3.8, 4) is 0 Å². The molecular formula is C20H22FNO2. The summed E-state index contributed by atoms with van der Waals surface area (Å²) in [5.74, 6) is -0.209. The van der Waals surface area contributed by atoms with Crippen molar-refractivity contribution < 1.29 is 14.3 Å². The molecule has 3 rings (SSSR count). The van der Waals surface area contributed by atoms with Gasteiger partial charge in [0.25, 0.3) is 0 Å². The van der Waals surface area contributed by atoms with E-state index in [2.05, 4.69) is 5.32 Å². The minimum absolute atomic E-state index is 0.00650. The summed E-state index contributed by atoms with van der Waals surface area (Å²) in [5, 5.41) is 12.3. The third-order valence-electron chi connectivity index (χ3n) is 4.84. The van der Waals surface area contributed by atoms with Crippen molar-refractivity contribution in [2.24, 2.45) is 0 Å². The Balaban J connectivity index is 1.67. The topological polar surface area (TPSA) is 49.3 Å². The number of carbonyl (C=O) groups excluding carboxylic acids is 1. The number of nitrogens with one attached hydrogen (secondary N) is 1. The number of carbonyl (C=O) groups is 1. The molecule has 0 heterocycles. The number of aliphatic hydroxyl groups excluding tert-OH is 1. The highest BCUT2D eigenvalue weighted by Gasteiger charge is 2.51. The average molecular weight is 327 g/mol. The number of rotatable bonds is 7. The number of hydrogen-bond acceptors (Lipinski definition) is 2. The smallest absolute Gasteiger partial charge is 0.230 e. The van der Waals surface area contributed by atoms with Crippen LogP contribution >= 0.6 is 0 Å². The predicted molar refractivity (Wildman–Crippen MR) is 91.2 cm³/mol. The fourth-order valence-corrected chi connectivity index (χ4v) is 3.19. The molecule has 2 N–H and O–H groups in total. The van der Waals surface area contributed by atoms with E-state index in [1.807, 2.05) is 30.3 Å². The van der Waals surface area contributed by atoms with Gasteiger partial charge in [0.2, 0.25) is 5.91 Å². The minimum Gasteiger partial charge on any atom is -0.396 e. The van der Waals surface area contributed by atoms with E-state index in [0.29, 0.717) is 13.0 Å². The Kier molecular flexibility index (Phi) is 4.95. The van der Waals surface area contributed by atoms with Crippen LogP contribution in [0.4, 0.5) is 4.39 Å². The zero-order chi connectivity index (χ0) is 17.0. The maximum Gasteiger partial charge on any atom is 0.230 e. The van der Waals surface area contributed by atoms with Crippen molar-refractivity contribution >= 4 is 5.91 Å². The Hall–Kier alpha value is -2.20. The molecule has 1 unspecified atom stereocenters. The molecule has 3 nitrogen and oxygen atoms in total. The number of hydrogen-bond donors (Lipinski definition) is 2. The first-order valence-electron chi connectivity index (χ1n) is 8.36. The quantitative estimate of drug-likeness (QED) is 0.821. The zero-order valence-corrected chi connectivity index (χ0v) is 13.5. The average Bonchev–Trinajstić information content (AvgIpc) is 3.41. The molecule has 1 atom stereocenters.